The predicted molar refractivity (Wildman–Crippen MR) is 42.3 cm³/mol. The van der Waals surface area contributed by atoms with Crippen LogP contribution in [0.25, 0.3) is 0 Å². The second-order valence-electron chi connectivity index (χ2n) is 3.68. The average molecular weight is 160 g/mol. The minimum Gasteiger partial charge on any atom is -0.298 e. The lowest BCUT2D eigenvalue weighted by atomic mass is 9.76. The van der Waals surface area contributed by atoms with Crippen molar-refractivity contribution in [3.63, 3.8) is 0 Å². The van der Waals surface area contributed by atoms with E-state index in [1.165, 1.54) is 0 Å². The Hall–Kier alpha value is -1.18. The standard InChI is InChI=1S/C10H8O2/c11-9-5-1-2-6(9)8-4-3-7(5)10(8)12/h1-8H/t5-,6-,7+,8+. The first-order chi connectivity index (χ1) is 5.79. The van der Waals surface area contributed by atoms with Crippen molar-refractivity contribution in [3.8, 4) is 0 Å². The number of ketones is 2. The van der Waals surface area contributed by atoms with E-state index in [1.54, 1.807) is 0 Å². The quantitative estimate of drug-likeness (QED) is 0.490. The van der Waals surface area contributed by atoms with Crippen LogP contribution in [0, 0.1) is 23.7 Å². The van der Waals surface area contributed by atoms with Crippen molar-refractivity contribution in [1.82, 2.24) is 0 Å². The molecule has 3 aliphatic rings. The summed E-state index contributed by atoms with van der Waals surface area (Å²) in [5.41, 5.74) is 0. The van der Waals surface area contributed by atoms with Crippen molar-refractivity contribution in [2.45, 2.75) is 0 Å². The fraction of sp³-hybridized carbons (Fsp3) is 0.400. The van der Waals surface area contributed by atoms with Gasteiger partial charge in [-0.05, 0) is 0 Å². The number of allylic oxidation sites excluding steroid dienone is 4. The summed E-state index contributed by atoms with van der Waals surface area (Å²) in [6, 6.07) is 0. The summed E-state index contributed by atoms with van der Waals surface area (Å²) >= 11 is 0. The van der Waals surface area contributed by atoms with Gasteiger partial charge in [0.25, 0.3) is 0 Å². The van der Waals surface area contributed by atoms with E-state index in [0.717, 1.165) is 0 Å². The molecule has 2 nitrogen and oxygen atoms in total. The second-order valence-corrected chi connectivity index (χ2v) is 3.68. The molecule has 0 N–H and O–H groups in total. The van der Waals surface area contributed by atoms with Crippen molar-refractivity contribution in [2.75, 3.05) is 0 Å². The van der Waals surface area contributed by atoms with Gasteiger partial charge >= 0.3 is 0 Å². The molecule has 0 heterocycles. The normalized spacial score (nSPS) is 47.7. The molecule has 0 amide bonds. The summed E-state index contributed by atoms with van der Waals surface area (Å²) in [5.74, 6) is -0.0193. The van der Waals surface area contributed by atoms with Gasteiger partial charge in [-0.15, -0.1) is 0 Å². The SMILES string of the molecule is O=C1[C@H]2C=C[C@H]1[C@H]1C=C[C@H]2C1=O. The Bertz CT molecular complexity index is 276. The van der Waals surface area contributed by atoms with Gasteiger partial charge in [0, 0.05) is 23.7 Å². The second kappa shape index (κ2) is 1.76. The smallest absolute Gasteiger partial charge is 0.148 e. The fourth-order valence-electron chi connectivity index (χ4n) is 2.49. The molecule has 0 unspecified atom stereocenters. The summed E-state index contributed by atoms with van der Waals surface area (Å²) in [7, 11) is 0. The number of carbonyl (C=O) groups excluding carboxylic acids is 2. The van der Waals surface area contributed by atoms with Crippen LogP contribution >= 0.6 is 0 Å². The lowest BCUT2D eigenvalue weighted by Crippen LogP contribution is -2.38. The Morgan fingerprint density at radius 1 is 0.667 bits per heavy atom. The zero-order chi connectivity index (χ0) is 8.29. The van der Waals surface area contributed by atoms with E-state index in [2.05, 4.69) is 0 Å². The van der Waals surface area contributed by atoms with Gasteiger partial charge in [-0.2, -0.15) is 0 Å². The van der Waals surface area contributed by atoms with Gasteiger partial charge in [-0.25, -0.2) is 0 Å². The molecule has 0 aliphatic heterocycles. The number of hydrogen-bond donors (Lipinski definition) is 0. The van der Waals surface area contributed by atoms with Crippen LogP contribution in [0.5, 0.6) is 0 Å². The molecule has 3 aliphatic carbocycles. The van der Waals surface area contributed by atoms with Crippen LogP contribution in [0.15, 0.2) is 24.3 Å². The Morgan fingerprint density at radius 3 is 1.17 bits per heavy atom. The lowest BCUT2D eigenvalue weighted by molar-refractivity contribution is -0.137. The molecule has 0 aromatic rings. The van der Waals surface area contributed by atoms with Crippen LogP contribution in [-0.4, -0.2) is 11.6 Å². The minimum absolute atomic E-state index is 0.127. The van der Waals surface area contributed by atoms with Gasteiger partial charge < -0.3 is 0 Å². The summed E-state index contributed by atoms with van der Waals surface area (Å²) in [5, 5.41) is 0. The maximum Gasteiger partial charge on any atom is 0.148 e. The maximum absolute atomic E-state index is 11.5. The van der Waals surface area contributed by atoms with E-state index in [4.69, 9.17) is 0 Å². The third kappa shape index (κ3) is 0.501. The Morgan fingerprint density at radius 2 is 0.917 bits per heavy atom. The van der Waals surface area contributed by atoms with Crippen molar-refractivity contribution in [2.24, 2.45) is 23.7 Å². The molecule has 4 atom stereocenters. The predicted octanol–water partition coefficient (Wildman–Crippen LogP) is 0.743. The molecule has 0 saturated heterocycles. The van der Waals surface area contributed by atoms with E-state index in [0.29, 0.717) is 0 Å². The summed E-state index contributed by atoms with van der Waals surface area (Å²) in [6.07, 6.45) is 7.61. The molecule has 1 fully saturated rings. The first kappa shape index (κ1) is 6.35. The van der Waals surface area contributed by atoms with Crippen LogP contribution in [0.3, 0.4) is 0 Å². The van der Waals surface area contributed by atoms with E-state index in [9.17, 15) is 9.59 Å². The third-order valence-electron chi connectivity index (χ3n) is 3.14. The molecule has 0 spiro atoms. The lowest BCUT2D eigenvalue weighted by Gasteiger charge is -2.24. The van der Waals surface area contributed by atoms with Crippen LogP contribution < -0.4 is 0 Å². The molecule has 1 saturated carbocycles. The van der Waals surface area contributed by atoms with Gasteiger partial charge in [0.15, 0.2) is 0 Å². The molecule has 3 rings (SSSR count). The molecule has 2 heteroatoms. The largest absolute Gasteiger partial charge is 0.298 e. The van der Waals surface area contributed by atoms with Crippen molar-refractivity contribution in [3.05, 3.63) is 24.3 Å². The van der Waals surface area contributed by atoms with Gasteiger partial charge in [-0.1, -0.05) is 24.3 Å². The van der Waals surface area contributed by atoms with E-state index in [1.807, 2.05) is 24.3 Å². The fourth-order valence-corrected chi connectivity index (χ4v) is 2.49. The zero-order valence-corrected chi connectivity index (χ0v) is 6.44. The highest BCUT2D eigenvalue weighted by Crippen LogP contribution is 2.44. The first-order valence-corrected chi connectivity index (χ1v) is 4.23. The molecule has 0 radical (unpaired) electrons. The molecule has 60 valence electrons. The van der Waals surface area contributed by atoms with Crippen LogP contribution in [0.4, 0.5) is 0 Å². The molecule has 12 heavy (non-hydrogen) atoms. The van der Waals surface area contributed by atoms with Gasteiger partial charge in [0.05, 0.1) is 0 Å². The van der Waals surface area contributed by atoms with E-state index >= 15 is 0 Å². The van der Waals surface area contributed by atoms with Crippen molar-refractivity contribution in [1.29, 1.82) is 0 Å². The monoisotopic (exact) mass is 160 g/mol. The highest BCUT2D eigenvalue weighted by Gasteiger charge is 2.51. The molecular weight excluding hydrogens is 152 g/mol. The molecule has 4 bridgehead atoms. The van der Waals surface area contributed by atoms with Crippen LogP contribution in [-0.2, 0) is 9.59 Å². The highest BCUT2D eigenvalue weighted by atomic mass is 16.1. The van der Waals surface area contributed by atoms with Gasteiger partial charge in [0.2, 0.25) is 0 Å². The first-order valence-electron chi connectivity index (χ1n) is 4.23. The van der Waals surface area contributed by atoms with Crippen molar-refractivity contribution < 1.29 is 9.59 Å². The topological polar surface area (TPSA) is 34.1 Å². The number of fused-ring (bicyclic) bond motifs is 6. The number of rotatable bonds is 0. The average Bonchev–Trinajstić information content (AvgIpc) is 2.41. The van der Waals surface area contributed by atoms with Crippen molar-refractivity contribution >= 4 is 11.6 Å². The van der Waals surface area contributed by atoms with Gasteiger partial charge in [-0.3, -0.25) is 9.59 Å². The van der Waals surface area contributed by atoms with Gasteiger partial charge in [0.1, 0.15) is 11.6 Å². The maximum atomic E-state index is 11.5. The molecular formula is C10H8O2. The van der Waals surface area contributed by atoms with Crippen LogP contribution in [0.1, 0.15) is 0 Å². The Balaban J connectivity index is 2.18. The Labute approximate surface area is 70.0 Å². The number of hydrogen-bond acceptors (Lipinski definition) is 2. The summed E-state index contributed by atoms with van der Waals surface area (Å²) in [6.45, 7) is 0. The Kier molecular flexibility index (Phi) is 0.932. The summed E-state index contributed by atoms with van der Waals surface area (Å²) < 4.78 is 0. The van der Waals surface area contributed by atoms with E-state index in [-0.39, 0.29) is 35.2 Å². The third-order valence-corrected chi connectivity index (χ3v) is 3.14. The highest BCUT2D eigenvalue weighted by molar-refractivity contribution is 6.06. The van der Waals surface area contributed by atoms with Crippen LogP contribution in [0.2, 0.25) is 0 Å². The summed E-state index contributed by atoms with van der Waals surface area (Å²) in [4.78, 5) is 23.1. The molecule has 0 aromatic heterocycles. The molecule has 0 aromatic carbocycles. The van der Waals surface area contributed by atoms with E-state index < -0.39 is 0 Å². The zero-order valence-electron chi connectivity index (χ0n) is 6.44. The number of carbonyl (C=O) groups is 2. The minimum atomic E-state index is -0.127. The number of Topliss-reactive ketones (excluding diaryl/α,β-unsaturated/α-hetero) is 2.